The third kappa shape index (κ3) is 7.99. The summed E-state index contributed by atoms with van der Waals surface area (Å²) in [5.41, 5.74) is 4.68. The molecule has 3 unspecified atom stereocenters. The minimum Gasteiger partial charge on any atom is -0.508 e. The minimum absolute atomic E-state index is 0.0321. The second-order valence-corrected chi connectivity index (χ2v) is 13.8. The Morgan fingerprint density at radius 1 is 0.906 bits per heavy atom. The number of phenols is 1. The molecule has 0 aliphatic carbocycles. The number of nitrogens with zero attached hydrogens (tertiary/aromatic N) is 2. The van der Waals surface area contributed by atoms with E-state index in [1.807, 2.05) is 42.5 Å². The largest absolute Gasteiger partial charge is 0.508 e. The number of hydrogen-bond acceptors (Lipinski definition) is 8. The molecule has 0 bridgehead atoms. The van der Waals surface area contributed by atoms with Gasteiger partial charge in [0.2, 0.25) is 17.7 Å². The number of unbranched alkanes of at least 4 members (excludes halogenated alkanes) is 1. The highest BCUT2D eigenvalue weighted by Crippen LogP contribution is 2.47. The van der Waals surface area contributed by atoms with E-state index in [0.29, 0.717) is 75.7 Å². The van der Waals surface area contributed by atoms with E-state index in [9.17, 15) is 24.3 Å². The van der Waals surface area contributed by atoms with Crippen LogP contribution >= 0.6 is 0 Å². The van der Waals surface area contributed by atoms with E-state index in [1.165, 1.54) is 10.5 Å². The van der Waals surface area contributed by atoms with Gasteiger partial charge in [-0.1, -0.05) is 48.5 Å². The summed E-state index contributed by atoms with van der Waals surface area (Å²) >= 11 is 0. The van der Waals surface area contributed by atoms with Crippen LogP contribution in [0.4, 0.5) is 0 Å². The van der Waals surface area contributed by atoms with Crippen molar-refractivity contribution in [1.29, 1.82) is 0 Å². The summed E-state index contributed by atoms with van der Waals surface area (Å²) in [6.07, 6.45) is 2.27. The van der Waals surface area contributed by atoms with Gasteiger partial charge in [-0.25, -0.2) is 0 Å². The van der Waals surface area contributed by atoms with Crippen LogP contribution in [0, 0.1) is 0 Å². The van der Waals surface area contributed by atoms with E-state index >= 15 is 0 Å². The molecular weight excluding hydrogens is 674 g/mol. The van der Waals surface area contributed by atoms with Crippen LogP contribution in [-0.4, -0.2) is 78.0 Å². The maximum absolute atomic E-state index is 12.9. The average Bonchev–Trinajstić information content (AvgIpc) is 3.49. The topological polar surface area (TPSA) is 135 Å². The van der Waals surface area contributed by atoms with Crippen molar-refractivity contribution in [2.75, 3.05) is 33.4 Å². The zero-order chi connectivity index (χ0) is 36.9. The van der Waals surface area contributed by atoms with Crippen molar-refractivity contribution < 1.29 is 38.5 Å². The maximum Gasteiger partial charge on any atom is 0.255 e. The highest BCUT2D eigenvalue weighted by molar-refractivity contribution is 6.05. The second-order valence-electron chi connectivity index (χ2n) is 13.8. The standard InChI is InChI=1S/C42H43N3O8/c1-44(39(48)9-5-6-21-51-32-15-17-33-29(23-32)25-45(42(33)50)36-18-19-38(47)43-41(36)49)20-22-52-31-13-10-28(11-14-31)40-34-16-12-30(46)24-37(34)53-26-35(40)27-7-3-2-4-8-27/h2-4,7-8,10-17,23-24,35-36,40,46H,5-6,9,18-22,25-26H2,1H3,(H,43,47,49). The number of likely N-dealkylation sites (N-methyl/N-ethyl adjacent to an activating group) is 1. The normalized spacial score (nSPS) is 19.2. The molecule has 1 saturated heterocycles. The number of ether oxygens (including phenoxy) is 3. The van der Waals surface area contributed by atoms with Gasteiger partial charge in [-0.15, -0.1) is 0 Å². The molecule has 11 heteroatoms. The van der Waals surface area contributed by atoms with Gasteiger partial charge in [-0.2, -0.15) is 0 Å². The Labute approximate surface area is 308 Å². The first-order valence-corrected chi connectivity index (χ1v) is 18.1. The Kier molecular flexibility index (Phi) is 10.6. The third-order valence-corrected chi connectivity index (χ3v) is 10.3. The molecule has 11 nitrogen and oxygen atoms in total. The summed E-state index contributed by atoms with van der Waals surface area (Å²) in [5.74, 6) is 1.44. The first-order valence-electron chi connectivity index (χ1n) is 18.1. The molecule has 3 aliphatic heterocycles. The van der Waals surface area contributed by atoms with Crippen molar-refractivity contribution in [2.45, 2.75) is 56.5 Å². The molecular formula is C42H43N3O8. The van der Waals surface area contributed by atoms with Crippen molar-refractivity contribution in [3.05, 3.63) is 119 Å². The van der Waals surface area contributed by atoms with E-state index < -0.39 is 11.9 Å². The second kappa shape index (κ2) is 15.8. The lowest BCUT2D eigenvalue weighted by Gasteiger charge is -2.34. The van der Waals surface area contributed by atoms with Crippen LogP contribution in [0.25, 0.3) is 0 Å². The molecule has 1 fully saturated rings. The first-order chi connectivity index (χ1) is 25.7. The van der Waals surface area contributed by atoms with E-state index in [2.05, 4.69) is 29.6 Å². The number of aromatic hydroxyl groups is 1. The number of nitrogens with one attached hydrogen (secondary N) is 1. The highest BCUT2D eigenvalue weighted by atomic mass is 16.5. The molecule has 53 heavy (non-hydrogen) atoms. The van der Waals surface area contributed by atoms with Crippen molar-refractivity contribution in [3.63, 3.8) is 0 Å². The Morgan fingerprint density at radius 3 is 2.47 bits per heavy atom. The number of rotatable bonds is 13. The zero-order valence-corrected chi connectivity index (χ0v) is 29.7. The SMILES string of the molecule is CN(CCOc1ccc(C2c3ccc(O)cc3OCC2c2ccccc2)cc1)C(=O)CCCCOc1ccc2c(c1)CN(C1CCC(=O)NC1=O)C2=O. The molecule has 3 aliphatic rings. The Balaban J connectivity index is 0.841. The van der Waals surface area contributed by atoms with E-state index in [0.717, 1.165) is 22.4 Å². The van der Waals surface area contributed by atoms with Crippen molar-refractivity contribution in [3.8, 4) is 23.0 Å². The molecule has 2 N–H and O–H groups in total. The Morgan fingerprint density at radius 2 is 1.68 bits per heavy atom. The summed E-state index contributed by atoms with van der Waals surface area (Å²) in [7, 11) is 1.78. The Hall–Kier alpha value is -5.84. The van der Waals surface area contributed by atoms with Crippen molar-refractivity contribution >= 4 is 23.6 Å². The summed E-state index contributed by atoms with van der Waals surface area (Å²) in [4.78, 5) is 52.7. The van der Waals surface area contributed by atoms with E-state index in [1.54, 1.807) is 36.2 Å². The monoisotopic (exact) mass is 717 g/mol. The van der Waals surface area contributed by atoms with Crippen LogP contribution in [0.2, 0.25) is 0 Å². The lowest BCUT2D eigenvalue weighted by Crippen LogP contribution is -2.52. The van der Waals surface area contributed by atoms with Gasteiger partial charge < -0.3 is 29.1 Å². The number of benzene rings is 4. The van der Waals surface area contributed by atoms with E-state index in [-0.39, 0.29) is 41.7 Å². The summed E-state index contributed by atoms with van der Waals surface area (Å²) < 4.78 is 18.0. The molecule has 3 heterocycles. The molecule has 274 valence electrons. The third-order valence-electron chi connectivity index (χ3n) is 10.3. The number of phenolic OH excluding ortho intramolecular Hbond substituents is 1. The van der Waals surface area contributed by atoms with Gasteiger partial charge >= 0.3 is 0 Å². The van der Waals surface area contributed by atoms with E-state index in [4.69, 9.17) is 14.2 Å². The highest BCUT2D eigenvalue weighted by Gasteiger charge is 2.39. The van der Waals surface area contributed by atoms with Crippen LogP contribution in [0.3, 0.4) is 0 Å². The van der Waals surface area contributed by atoms with Crippen LogP contribution in [0.15, 0.2) is 91.0 Å². The number of carbonyl (C=O) groups excluding carboxylic acids is 4. The number of carbonyl (C=O) groups is 4. The number of imide groups is 1. The summed E-state index contributed by atoms with van der Waals surface area (Å²) in [5, 5.41) is 12.4. The van der Waals surface area contributed by atoms with Crippen LogP contribution in [-0.2, 0) is 20.9 Å². The van der Waals surface area contributed by atoms with Crippen LogP contribution in [0.1, 0.15) is 76.6 Å². The summed E-state index contributed by atoms with van der Waals surface area (Å²) in [6.45, 7) is 2.03. The van der Waals surface area contributed by atoms with Crippen LogP contribution in [0.5, 0.6) is 23.0 Å². The average molecular weight is 718 g/mol. The fourth-order valence-corrected chi connectivity index (χ4v) is 7.39. The van der Waals surface area contributed by atoms with Crippen molar-refractivity contribution in [1.82, 2.24) is 15.1 Å². The van der Waals surface area contributed by atoms with Gasteiger partial charge in [0.25, 0.3) is 5.91 Å². The van der Waals surface area contributed by atoms with Crippen molar-refractivity contribution in [2.24, 2.45) is 0 Å². The summed E-state index contributed by atoms with van der Waals surface area (Å²) in [6, 6.07) is 28.3. The quantitative estimate of drug-likeness (QED) is 0.136. The minimum atomic E-state index is -0.654. The van der Waals surface area contributed by atoms with Gasteiger partial charge in [0.05, 0.1) is 19.8 Å². The number of piperidine rings is 1. The van der Waals surface area contributed by atoms with Gasteiger partial charge in [0.15, 0.2) is 0 Å². The number of hydrogen-bond donors (Lipinski definition) is 2. The molecule has 0 saturated carbocycles. The lowest BCUT2D eigenvalue weighted by atomic mass is 9.76. The molecule has 4 amide bonds. The number of amides is 4. The van der Waals surface area contributed by atoms with Gasteiger partial charge in [-0.3, -0.25) is 24.5 Å². The predicted octanol–water partition coefficient (Wildman–Crippen LogP) is 5.55. The van der Waals surface area contributed by atoms with Gasteiger partial charge in [-0.05, 0) is 72.4 Å². The fraction of sp³-hybridized carbons (Fsp3) is 0.333. The fourth-order valence-electron chi connectivity index (χ4n) is 7.39. The number of fused-ring (bicyclic) bond motifs is 2. The van der Waals surface area contributed by atoms with Crippen LogP contribution < -0.4 is 19.5 Å². The molecule has 7 rings (SSSR count). The smallest absolute Gasteiger partial charge is 0.255 e. The molecule has 0 radical (unpaired) electrons. The molecule has 0 aromatic heterocycles. The maximum atomic E-state index is 12.9. The first kappa shape index (κ1) is 35.6. The zero-order valence-electron chi connectivity index (χ0n) is 29.7. The van der Waals surface area contributed by atoms with Gasteiger partial charge in [0, 0.05) is 55.5 Å². The molecule has 0 spiro atoms. The lowest BCUT2D eigenvalue weighted by molar-refractivity contribution is -0.137. The molecule has 4 aromatic carbocycles. The Bertz CT molecular complexity index is 1980. The molecule has 4 aromatic rings. The molecule has 3 atom stereocenters. The van der Waals surface area contributed by atoms with Gasteiger partial charge in [0.1, 0.15) is 35.6 Å². The predicted molar refractivity (Wildman–Crippen MR) is 196 cm³/mol.